The van der Waals surface area contributed by atoms with Gasteiger partial charge in [0.15, 0.2) is 11.6 Å². The molecule has 1 rings (SSSR count). The maximum absolute atomic E-state index is 13.6. The Morgan fingerprint density at radius 1 is 1.30 bits per heavy atom. The molecule has 0 aliphatic heterocycles. The van der Waals surface area contributed by atoms with Crippen LogP contribution in [0.2, 0.25) is 0 Å². The minimum absolute atomic E-state index is 0.0208. The summed E-state index contributed by atoms with van der Waals surface area (Å²) >= 11 is 0. The van der Waals surface area contributed by atoms with Gasteiger partial charge in [0.2, 0.25) is 0 Å². The zero-order valence-electron chi connectivity index (χ0n) is 10.6. The number of hydrogen-bond donors (Lipinski definition) is 2. The van der Waals surface area contributed by atoms with Crippen LogP contribution in [0.25, 0.3) is 6.08 Å². The van der Waals surface area contributed by atoms with Crippen LogP contribution >= 0.6 is 0 Å². The molecule has 20 heavy (non-hydrogen) atoms. The van der Waals surface area contributed by atoms with E-state index in [4.69, 9.17) is 11.5 Å². The van der Waals surface area contributed by atoms with Crippen molar-refractivity contribution in [1.82, 2.24) is 0 Å². The standard InChI is InChI=1S/C13H13F5N2/c1-2-6(14)3-9(16)11(19)4-7-8(15)5-10(17)13(20)12(7)18/h3-6H,2,19-20H2,1H3/b9-3+,11-4+. The van der Waals surface area contributed by atoms with Crippen LogP contribution in [0.4, 0.5) is 27.6 Å². The first-order chi connectivity index (χ1) is 9.27. The highest BCUT2D eigenvalue weighted by atomic mass is 19.2. The van der Waals surface area contributed by atoms with E-state index in [2.05, 4.69) is 0 Å². The lowest BCUT2D eigenvalue weighted by Crippen LogP contribution is -2.05. The number of allylic oxidation sites excluding steroid dienone is 2. The molecule has 1 aromatic rings. The van der Waals surface area contributed by atoms with Crippen LogP contribution in [0, 0.1) is 17.5 Å². The third-order valence-corrected chi connectivity index (χ3v) is 2.53. The normalized spacial score (nSPS) is 14.5. The molecule has 110 valence electrons. The summed E-state index contributed by atoms with van der Waals surface area (Å²) in [6, 6.07) is 0.350. The number of nitrogen functional groups attached to an aromatic ring is 1. The third-order valence-electron chi connectivity index (χ3n) is 2.53. The highest BCUT2D eigenvalue weighted by Gasteiger charge is 2.16. The van der Waals surface area contributed by atoms with Crippen molar-refractivity contribution < 1.29 is 22.0 Å². The van der Waals surface area contributed by atoms with Crippen molar-refractivity contribution in [3.05, 3.63) is 46.7 Å². The lowest BCUT2D eigenvalue weighted by Gasteiger charge is -2.06. The van der Waals surface area contributed by atoms with Gasteiger partial charge in [-0.25, -0.2) is 22.0 Å². The summed E-state index contributed by atoms with van der Waals surface area (Å²) in [7, 11) is 0. The number of rotatable bonds is 4. The molecular formula is C13H13F5N2. The van der Waals surface area contributed by atoms with E-state index >= 15 is 0 Å². The maximum atomic E-state index is 13.6. The Hall–Kier alpha value is -2.05. The monoisotopic (exact) mass is 292 g/mol. The van der Waals surface area contributed by atoms with Gasteiger partial charge >= 0.3 is 0 Å². The summed E-state index contributed by atoms with van der Waals surface area (Å²) in [4.78, 5) is 0. The number of alkyl halides is 1. The molecule has 4 N–H and O–H groups in total. The van der Waals surface area contributed by atoms with E-state index in [0.29, 0.717) is 18.2 Å². The summed E-state index contributed by atoms with van der Waals surface area (Å²) in [5.41, 5.74) is 7.92. The summed E-state index contributed by atoms with van der Waals surface area (Å²) in [6.45, 7) is 1.48. The summed E-state index contributed by atoms with van der Waals surface area (Å²) in [5.74, 6) is -5.13. The largest absolute Gasteiger partial charge is 0.396 e. The van der Waals surface area contributed by atoms with Crippen LogP contribution < -0.4 is 11.5 Å². The average Bonchev–Trinajstić information content (AvgIpc) is 2.40. The SMILES string of the molecule is CCC(F)/C=C(F)\C(N)=C/c1c(F)cc(F)c(N)c1F. The molecule has 1 atom stereocenters. The molecule has 2 nitrogen and oxygen atoms in total. The molecule has 0 spiro atoms. The first-order valence-corrected chi connectivity index (χ1v) is 5.69. The van der Waals surface area contributed by atoms with Gasteiger partial charge in [-0.2, -0.15) is 0 Å². The molecule has 0 radical (unpaired) electrons. The van der Waals surface area contributed by atoms with Crippen molar-refractivity contribution >= 4 is 11.8 Å². The molecule has 7 heteroatoms. The lowest BCUT2D eigenvalue weighted by atomic mass is 10.1. The summed E-state index contributed by atoms with van der Waals surface area (Å²) in [6.07, 6.45) is -0.384. The van der Waals surface area contributed by atoms with E-state index in [0.717, 1.165) is 0 Å². The molecule has 0 aliphatic rings. The number of anilines is 1. The minimum Gasteiger partial charge on any atom is -0.396 e. The van der Waals surface area contributed by atoms with Gasteiger partial charge in [0.1, 0.15) is 23.5 Å². The molecule has 0 aliphatic carbocycles. The van der Waals surface area contributed by atoms with E-state index in [1.54, 1.807) is 0 Å². The summed E-state index contributed by atoms with van der Waals surface area (Å²) < 4.78 is 66.3. The number of halogens is 5. The second-order valence-corrected chi connectivity index (χ2v) is 4.02. The van der Waals surface area contributed by atoms with E-state index in [-0.39, 0.29) is 6.42 Å². The quantitative estimate of drug-likeness (QED) is 0.506. The molecule has 0 heterocycles. The molecule has 1 aromatic carbocycles. The number of nitrogens with two attached hydrogens (primary N) is 2. The smallest absolute Gasteiger partial charge is 0.159 e. The molecule has 1 unspecified atom stereocenters. The second kappa shape index (κ2) is 6.40. The van der Waals surface area contributed by atoms with Crippen molar-refractivity contribution in [2.45, 2.75) is 19.5 Å². The fourth-order valence-corrected chi connectivity index (χ4v) is 1.35. The van der Waals surface area contributed by atoms with E-state index in [1.807, 2.05) is 0 Å². The highest BCUT2D eigenvalue weighted by Crippen LogP contribution is 2.25. The molecule has 0 aromatic heterocycles. The second-order valence-electron chi connectivity index (χ2n) is 4.02. The van der Waals surface area contributed by atoms with Crippen molar-refractivity contribution in [2.75, 3.05) is 5.73 Å². The highest BCUT2D eigenvalue weighted by molar-refractivity contribution is 5.62. The van der Waals surface area contributed by atoms with Gasteiger partial charge < -0.3 is 11.5 Å². The van der Waals surface area contributed by atoms with Crippen LogP contribution in [-0.4, -0.2) is 6.17 Å². The number of hydrogen-bond acceptors (Lipinski definition) is 2. The molecular weight excluding hydrogens is 279 g/mol. The van der Waals surface area contributed by atoms with Crippen LogP contribution in [0.1, 0.15) is 18.9 Å². The number of benzene rings is 1. The van der Waals surface area contributed by atoms with Crippen LogP contribution in [0.5, 0.6) is 0 Å². The van der Waals surface area contributed by atoms with Gasteiger partial charge in [0.05, 0.1) is 11.3 Å². The van der Waals surface area contributed by atoms with E-state index in [1.165, 1.54) is 6.92 Å². The first-order valence-electron chi connectivity index (χ1n) is 5.69. The Morgan fingerprint density at radius 2 is 1.90 bits per heavy atom. The van der Waals surface area contributed by atoms with Crippen molar-refractivity contribution in [1.29, 1.82) is 0 Å². The average molecular weight is 292 g/mol. The predicted octanol–water partition coefficient (Wildman–Crippen LogP) is 3.59. The van der Waals surface area contributed by atoms with Crippen LogP contribution in [0.3, 0.4) is 0 Å². The molecule has 0 fully saturated rings. The Balaban J connectivity index is 3.24. The summed E-state index contributed by atoms with van der Waals surface area (Å²) in [5, 5.41) is 0. The van der Waals surface area contributed by atoms with Crippen LogP contribution in [0.15, 0.2) is 23.7 Å². The van der Waals surface area contributed by atoms with Gasteiger partial charge in [-0.05, 0) is 18.6 Å². The zero-order chi connectivity index (χ0) is 15.4. The fraction of sp³-hybridized carbons (Fsp3) is 0.231. The first kappa shape index (κ1) is 16.0. The third kappa shape index (κ3) is 3.49. The van der Waals surface area contributed by atoms with E-state index in [9.17, 15) is 22.0 Å². The van der Waals surface area contributed by atoms with Crippen molar-refractivity contribution in [3.63, 3.8) is 0 Å². The van der Waals surface area contributed by atoms with Gasteiger partial charge in [-0.15, -0.1) is 0 Å². The van der Waals surface area contributed by atoms with Gasteiger partial charge in [0, 0.05) is 6.07 Å². The van der Waals surface area contributed by atoms with Crippen molar-refractivity contribution in [2.24, 2.45) is 5.73 Å². The molecule has 0 amide bonds. The fourth-order valence-electron chi connectivity index (χ4n) is 1.35. The van der Waals surface area contributed by atoms with Gasteiger partial charge in [-0.1, -0.05) is 6.92 Å². The Bertz CT molecular complexity index is 566. The molecule has 0 bridgehead atoms. The van der Waals surface area contributed by atoms with E-state index < -0.39 is 46.4 Å². The Labute approximate surface area is 112 Å². The lowest BCUT2D eigenvalue weighted by molar-refractivity contribution is 0.384. The van der Waals surface area contributed by atoms with Gasteiger partial charge in [0.25, 0.3) is 0 Å². The van der Waals surface area contributed by atoms with Gasteiger partial charge in [-0.3, -0.25) is 0 Å². The van der Waals surface area contributed by atoms with Crippen LogP contribution in [-0.2, 0) is 0 Å². The minimum atomic E-state index is -1.57. The Morgan fingerprint density at radius 3 is 2.45 bits per heavy atom. The predicted molar refractivity (Wildman–Crippen MR) is 67.3 cm³/mol. The topological polar surface area (TPSA) is 52.0 Å². The molecule has 0 saturated heterocycles. The maximum Gasteiger partial charge on any atom is 0.159 e. The van der Waals surface area contributed by atoms with Crippen molar-refractivity contribution in [3.8, 4) is 0 Å². The Kier molecular flexibility index (Phi) is 5.12. The molecule has 0 saturated carbocycles. The zero-order valence-corrected chi connectivity index (χ0v) is 10.6.